The van der Waals surface area contributed by atoms with Gasteiger partial charge in [0.2, 0.25) is 0 Å². The SMILES string of the molecule is CO[C@H](CNC(=O)c1cccc(C#N)c1)c1ccco1. The Morgan fingerprint density at radius 2 is 2.30 bits per heavy atom. The van der Waals surface area contributed by atoms with Gasteiger partial charge in [-0.2, -0.15) is 5.26 Å². The monoisotopic (exact) mass is 270 g/mol. The molecular weight excluding hydrogens is 256 g/mol. The van der Waals surface area contributed by atoms with Crippen LogP contribution in [0.15, 0.2) is 47.1 Å². The molecule has 0 aliphatic rings. The van der Waals surface area contributed by atoms with E-state index in [1.54, 1.807) is 49.8 Å². The maximum absolute atomic E-state index is 12.0. The Morgan fingerprint density at radius 1 is 1.45 bits per heavy atom. The fourth-order valence-electron chi connectivity index (χ4n) is 1.79. The molecule has 0 fully saturated rings. The fraction of sp³-hybridized carbons (Fsp3) is 0.200. The molecule has 2 aromatic rings. The molecule has 5 heteroatoms. The summed E-state index contributed by atoms with van der Waals surface area (Å²) < 4.78 is 10.5. The quantitative estimate of drug-likeness (QED) is 0.904. The molecule has 1 atom stereocenters. The van der Waals surface area contributed by atoms with E-state index in [-0.39, 0.29) is 12.0 Å². The lowest BCUT2D eigenvalue weighted by molar-refractivity contribution is 0.0738. The Morgan fingerprint density at radius 3 is 2.95 bits per heavy atom. The van der Waals surface area contributed by atoms with Gasteiger partial charge in [-0.3, -0.25) is 4.79 Å². The summed E-state index contributed by atoms with van der Waals surface area (Å²) in [6.45, 7) is 0.291. The number of amides is 1. The zero-order valence-electron chi connectivity index (χ0n) is 11.0. The van der Waals surface area contributed by atoms with E-state index >= 15 is 0 Å². The number of nitrogens with one attached hydrogen (secondary N) is 1. The minimum atomic E-state index is -0.340. The summed E-state index contributed by atoms with van der Waals surface area (Å²) in [7, 11) is 1.55. The van der Waals surface area contributed by atoms with Gasteiger partial charge in [-0.05, 0) is 30.3 Å². The lowest BCUT2D eigenvalue weighted by atomic mass is 10.1. The Kier molecular flexibility index (Phi) is 4.53. The summed E-state index contributed by atoms with van der Waals surface area (Å²) >= 11 is 0. The van der Waals surface area contributed by atoms with Crippen LogP contribution >= 0.6 is 0 Å². The van der Waals surface area contributed by atoms with Crippen molar-refractivity contribution in [2.45, 2.75) is 6.10 Å². The maximum Gasteiger partial charge on any atom is 0.251 e. The lowest BCUT2D eigenvalue weighted by Crippen LogP contribution is -2.29. The Labute approximate surface area is 116 Å². The van der Waals surface area contributed by atoms with Gasteiger partial charge in [0.1, 0.15) is 11.9 Å². The van der Waals surface area contributed by atoms with Crippen LogP contribution in [0.1, 0.15) is 27.8 Å². The summed E-state index contributed by atoms with van der Waals surface area (Å²) in [6.07, 6.45) is 1.22. The number of rotatable bonds is 5. The van der Waals surface area contributed by atoms with E-state index in [1.165, 1.54) is 0 Å². The number of hydrogen-bond acceptors (Lipinski definition) is 4. The molecule has 102 valence electrons. The molecule has 0 aliphatic carbocycles. The molecule has 20 heavy (non-hydrogen) atoms. The number of hydrogen-bond donors (Lipinski definition) is 1. The van der Waals surface area contributed by atoms with Crippen LogP contribution in [0.3, 0.4) is 0 Å². The van der Waals surface area contributed by atoms with Crippen molar-refractivity contribution in [2.24, 2.45) is 0 Å². The predicted octanol–water partition coefficient (Wildman–Crippen LogP) is 2.27. The second-order valence-electron chi connectivity index (χ2n) is 4.14. The molecule has 5 nitrogen and oxygen atoms in total. The van der Waals surface area contributed by atoms with Crippen LogP contribution in [0.2, 0.25) is 0 Å². The lowest BCUT2D eigenvalue weighted by Gasteiger charge is -2.13. The highest BCUT2D eigenvalue weighted by Crippen LogP contribution is 2.16. The van der Waals surface area contributed by atoms with Crippen molar-refractivity contribution in [2.75, 3.05) is 13.7 Å². The molecule has 0 radical (unpaired) electrons. The van der Waals surface area contributed by atoms with Crippen LogP contribution in [0.4, 0.5) is 0 Å². The fourth-order valence-corrected chi connectivity index (χ4v) is 1.79. The minimum Gasteiger partial charge on any atom is -0.467 e. The summed E-state index contributed by atoms with van der Waals surface area (Å²) in [5.41, 5.74) is 0.894. The number of furan rings is 1. The van der Waals surface area contributed by atoms with E-state index in [9.17, 15) is 4.79 Å². The second-order valence-corrected chi connectivity index (χ2v) is 4.14. The molecule has 1 aromatic heterocycles. The van der Waals surface area contributed by atoms with Crippen molar-refractivity contribution in [3.63, 3.8) is 0 Å². The van der Waals surface area contributed by atoms with Crippen molar-refractivity contribution >= 4 is 5.91 Å². The largest absolute Gasteiger partial charge is 0.467 e. The van der Waals surface area contributed by atoms with Crippen LogP contribution in [0.5, 0.6) is 0 Å². The molecular formula is C15H14N2O3. The number of nitrogens with zero attached hydrogens (tertiary/aromatic N) is 1. The number of nitriles is 1. The van der Waals surface area contributed by atoms with Crippen LogP contribution in [0.25, 0.3) is 0 Å². The van der Waals surface area contributed by atoms with Crippen LogP contribution in [0, 0.1) is 11.3 Å². The van der Waals surface area contributed by atoms with Crippen molar-refractivity contribution in [1.82, 2.24) is 5.32 Å². The topological polar surface area (TPSA) is 75.3 Å². The van der Waals surface area contributed by atoms with Gasteiger partial charge in [0.15, 0.2) is 0 Å². The summed E-state index contributed by atoms with van der Waals surface area (Å²) in [5, 5.41) is 11.6. The van der Waals surface area contributed by atoms with Crippen LogP contribution in [-0.4, -0.2) is 19.6 Å². The van der Waals surface area contributed by atoms with Crippen LogP contribution < -0.4 is 5.32 Å². The van der Waals surface area contributed by atoms with Gasteiger partial charge in [-0.25, -0.2) is 0 Å². The summed E-state index contributed by atoms with van der Waals surface area (Å²) in [5.74, 6) is 0.397. The smallest absolute Gasteiger partial charge is 0.251 e. The summed E-state index contributed by atoms with van der Waals surface area (Å²) in [6, 6.07) is 12.1. The van der Waals surface area contributed by atoms with Gasteiger partial charge in [0.05, 0.1) is 24.4 Å². The molecule has 0 aliphatic heterocycles. The molecule has 0 bridgehead atoms. The van der Waals surface area contributed by atoms with E-state index in [4.69, 9.17) is 14.4 Å². The Bertz CT molecular complexity index is 614. The highest BCUT2D eigenvalue weighted by atomic mass is 16.5. The van der Waals surface area contributed by atoms with E-state index in [2.05, 4.69) is 5.32 Å². The number of methoxy groups -OCH3 is 1. The standard InChI is InChI=1S/C15H14N2O3/c1-19-14(13-6-3-7-20-13)10-17-15(18)12-5-2-4-11(8-12)9-16/h2-8,14H,10H2,1H3,(H,17,18)/t14-/m1/s1. The van der Waals surface area contributed by atoms with Crippen molar-refractivity contribution in [3.8, 4) is 6.07 Å². The van der Waals surface area contributed by atoms with Crippen LogP contribution in [-0.2, 0) is 4.74 Å². The molecule has 0 saturated heterocycles. The Balaban J connectivity index is 1.99. The van der Waals surface area contributed by atoms with Gasteiger partial charge < -0.3 is 14.5 Å². The average molecular weight is 270 g/mol. The molecule has 2 rings (SSSR count). The van der Waals surface area contributed by atoms with Gasteiger partial charge in [-0.15, -0.1) is 0 Å². The second kappa shape index (κ2) is 6.55. The van der Waals surface area contributed by atoms with E-state index in [0.717, 1.165) is 0 Å². The average Bonchev–Trinajstić information content (AvgIpc) is 3.02. The summed E-state index contributed by atoms with van der Waals surface area (Å²) in [4.78, 5) is 12.0. The van der Waals surface area contributed by atoms with Gasteiger partial charge in [0, 0.05) is 12.7 Å². The van der Waals surface area contributed by atoms with E-state index in [0.29, 0.717) is 23.4 Å². The third-order valence-electron chi connectivity index (χ3n) is 2.85. The number of carbonyl (C=O) groups excluding carboxylic acids is 1. The molecule has 0 unspecified atom stereocenters. The third kappa shape index (κ3) is 3.25. The maximum atomic E-state index is 12.0. The normalized spacial score (nSPS) is 11.6. The predicted molar refractivity (Wildman–Crippen MR) is 71.9 cm³/mol. The molecule has 0 saturated carbocycles. The van der Waals surface area contributed by atoms with Crippen molar-refractivity contribution < 1.29 is 13.9 Å². The van der Waals surface area contributed by atoms with Gasteiger partial charge in [-0.1, -0.05) is 6.07 Å². The first-order valence-corrected chi connectivity index (χ1v) is 6.09. The van der Waals surface area contributed by atoms with Crippen molar-refractivity contribution in [3.05, 3.63) is 59.5 Å². The molecule has 1 heterocycles. The number of benzene rings is 1. The van der Waals surface area contributed by atoms with Gasteiger partial charge >= 0.3 is 0 Å². The number of ether oxygens (including phenoxy) is 1. The first kappa shape index (κ1) is 13.8. The number of carbonyl (C=O) groups is 1. The first-order chi connectivity index (χ1) is 9.74. The zero-order chi connectivity index (χ0) is 14.4. The van der Waals surface area contributed by atoms with Crippen molar-refractivity contribution in [1.29, 1.82) is 5.26 Å². The molecule has 1 N–H and O–H groups in total. The molecule has 1 amide bonds. The highest BCUT2D eigenvalue weighted by molar-refractivity contribution is 5.94. The van der Waals surface area contributed by atoms with E-state index in [1.807, 2.05) is 6.07 Å². The minimum absolute atomic E-state index is 0.254. The van der Waals surface area contributed by atoms with Gasteiger partial charge in [0.25, 0.3) is 5.91 Å². The molecule has 1 aromatic carbocycles. The van der Waals surface area contributed by atoms with E-state index < -0.39 is 0 Å². The highest BCUT2D eigenvalue weighted by Gasteiger charge is 2.15. The Hall–Kier alpha value is -2.58. The molecule has 0 spiro atoms. The zero-order valence-corrected chi connectivity index (χ0v) is 11.0. The third-order valence-corrected chi connectivity index (χ3v) is 2.85. The first-order valence-electron chi connectivity index (χ1n) is 6.09.